The van der Waals surface area contributed by atoms with E-state index in [2.05, 4.69) is 33.2 Å². The Morgan fingerprint density at radius 1 is 1.24 bits per heavy atom. The van der Waals surface area contributed by atoms with Crippen molar-refractivity contribution in [1.29, 1.82) is 0 Å². The summed E-state index contributed by atoms with van der Waals surface area (Å²) < 4.78 is 5.58. The highest BCUT2D eigenvalue weighted by Crippen LogP contribution is 2.42. The van der Waals surface area contributed by atoms with E-state index in [1.165, 1.54) is 16.7 Å². The summed E-state index contributed by atoms with van der Waals surface area (Å²) in [6.07, 6.45) is 6.96. The van der Waals surface area contributed by atoms with Gasteiger partial charge < -0.3 is 10.5 Å². The van der Waals surface area contributed by atoms with Gasteiger partial charge in [-0.05, 0) is 23.6 Å². The van der Waals surface area contributed by atoms with E-state index in [0.29, 0.717) is 6.02 Å². The monoisotopic (exact) mass is 280 g/mol. The number of amidine groups is 1. The largest absolute Gasteiger partial charge is 0.460 e. The highest BCUT2D eigenvalue weighted by Gasteiger charge is 2.48. The van der Waals surface area contributed by atoms with Crippen LogP contribution in [0.4, 0.5) is 0 Å². The SMILES string of the molecule is C[C@@H]1OC(N)=N[C@]12Cc1cccc(-c3cncnc3)c1C2. The van der Waals surface area contributed by atoms with Crippen LogP contribution in [-0.4, -0.2) is 27.6 Å². The lowest BCUT2D eigenvalue weighted by atomic mass is 9.90. The second-order valence-corrected chi connectivity index (χ2v) is 5.74. The zero-order valence-electron chi connectivity index (χ0n) is 11.8. The van der Waals surface area contributed by atoms with Gasteiger partial charge in [0, 0.05) is 30.8 Å². The average Bonchev–Trinajstić information content (AvgIpc) is 2.99. The molecule has 0 saturated carbocycles. The quantitative estimate of drug-likeness (QED) is 0.863. The molecule has 2 atom stereocenters. The van der Waals surface area contributed by atoms with E-state index < -0.39 is 0 Å². The number of hydrogen-bond acceptors (Lipinski definition) is 5. The molecule has 0 unspecified atom stereocenters. The topological polar surface area (TPSA) is 73.4 Å². The molecule has 21 heavy (non-hydrogen) atoms. The molecule has 1 aliphatic heterocycles. The molecule has 4 rings (SSSR count). The Kier molecular flexibility index (Phi) is 2.51. The summed E-state index contributed by atoms with van der Waals surface area (Å²) in [5.41, 5.74) is 10.4. The van der Waals surface area contributed by atoms with Crippen LogP contribution in [0.15, 0.2) is 41.9 Å². The number of aromatic nitrogens is 2. The van der Waals surface area contributed by atoms with E-state index in [0.717, 1.165) is 18.4 Å². The van der Waals surface area contributed by atoms with Gasteiger partial charge in [-0.15, -0.1) is 0 Å². The van der Waals surface area contributed by atoms with Crippen molar-refractivity contribution < 1.29 is 4.74 Å². The van der Waals surface area contributed by atoms with Gasteiger partial charge in [-0.1, -0.05) is 18.2 Å². The fraction of sp³-hybridized carbons (Fsp3) is 0.312. The van der Waals surface area contributed by atoms with Crippen LogP contribution in [0.1, 0.15) is 18.1 Å². The van der Waals surface area contributed by atoms with Gasteiger partial charge in [0.2, 0.25) is 0 Å². The van der Waals surface area contributed by atoms with Crippen molar-refractivity contribution in [3.8, 4) is 11.1 Å². The van der Waals surface area contributed by atoms with Crippen LogP contribution >= 0.6 is 0 Å². The molecule has 5 heteroatoms. The molecule has 0 radical (unpaired) electrons. The van der Waals surface area contributed by atoms with Crippen LogP contribution in [0.3, 0.4) is 0 Å². The maximum absolute atomic E-state index is 5.77. The summed E-state index contributed by atoms with van der Waals surface area (Å²) >= 11 is 0. The van der Waals surface area contributed by atoms with Gasteiger partial charge in [0.15, 0.2) is 0 Å². The Labute approximate surface area is 122 Å². The molecule has 1 spiro atoms. The second-order valence-electron chi connectivity index (χ2n) is 5.74. The number of benzene rings is 1. The molecule has 106 valence electrons. The van der Waals surface area contributed by atoms with Crippen LogP contribution in [0.25, 0.3) is 11.1 Å². The van der Waals surface area contributed by atoms with Crippen molar-refractivity contribution in [2.45, 2.75) is 31.4 Å². The number of nitrogens with two attached hydrogens (primary N) is 1. The lowest BCUT2D eigenvalue weighted by Crippen LogP contribution is -2.36. The fourth-order valence-electron chi connectivity index (χ4n) is 3.41. The van der Waals surface area contributed by atoms with Crippen LogP contribution < -0.4 is 5.73 Å². The molecule has 2 N–H and O–H groups in total. The van der Waals surface area contributed by atoms with Gasteiger partial charge in [0.25, 0.3) is 6.02 Å². The standard InChI is InChI=1S/C16H16N4O/c1-10-16(20-15(17)21-10)5-11-3-2-4-13(14(11)6-16)12-7-18-9-19-8-12/h2-4,7-10H,5-6H2,1H3,(H2,17,20)/t10-,16-/m0/s1. The smallest absolute Gasteiger partial charge is 0.282 e. The molecule has 1 aromatic heterocycles. The van der Waals surface area contributed by atoms with Gasteiger partial charge in [-0.3, -0.25) is 0 Å². The first-order chi connectivity index (χ1) is 10.2. The third-order valence-corrected chi connectivity index (χ3v) is 4.51. The first-order valence-electron chi connectivity index (χ1n) is 7.06. The maximum Gasteiger partial charge on any atom is 0.282 e. The molecule has 0 bridgehead atoms. The minimum atomic E-state index is -0.252. The third-order valence-electron chi connectivity index (χ3n) is 4.51. The summed E-state index contributed by atoms with van der Waals surface area (Å²) in [4.78, 5) is 12.8. The Balaban J connectivity index is 1.81. The maximum atomic E-state index is 5.77. The summed E-state index contributed by atoms with van der Waals surface area (Å²) in [6.45, 7) is 2.04. The van der Waals surface area contributed by atoms with Gasteiger partial charge in [-0.2, -0.15) is 0 Å². The molecule has 2 aromatic rings. The molecule has 0 amide bonds. The number of hydrogen-bond donors (Lipinski definition) is 1. The molecule has 0 fully saturated rings. The van der Waals surface area contributed by atoms with Crippen molar-refractivity contribution in [2.75, 3.05) is 0 Å². The minimum Gasteiger partial charge on any atom is -0.460 e. The Morgan fingerprint density at radius 3 is 2.76 bits per heavy atom. The van der Waals surface area contributed by atoms with Crippen molar-refractivity contribution in [1.82, 2.24) is 9.97 Å². The van der Waals surface area contributed by atoms with E-state index >= 15 is 0 Å². The molecule has 0 saturated heterocycles. The van der Waals surface area contributed by atoms with Gasteiger partial charge in [-0.25, -0.2) is 15.0 Å². The average molecular weight is 280 g/mol. The van der Waals surface area contributed by atoms with Gasteiger partial charge in [0.05, 0.1) is 0 Å². The van der Waals surface area contributed by atoms with Gasteiger partial charge in [0.1, 0.15) is 18.0 Å². The number of nitrogens with zero attached hydrogens (tertiary/aromatic N) is 3. The van der Waals surface area contributed by atoms with Gasteiger partial charge >= 0.3 is 0 Å². The summed E-state index contributed by atoms with van der Waals surface area (Å²) in [7, 11) is 0. The van der Waals surface area contributed by atoms with Crippen molar-refractivity contribution >= 4 is 6.02 Å². The van der Waals surface area contributed by atoms with Crippen molar-refractivity contribution in [3.05, 3.63) is 48.0 Å². The fourth-order valence-corrected chi connectivity index (χ4v) is 3.41. The zero-order chi connectivity index (χ0) is 14.4. The predicted octanol–water partition coefficient (Wildman–Crippen LogP) is 1.71. The lowest BCUT2D eigenvalue weighted by molar-refractivity contribution is 0.157. The van der Waals surface area contributed by atoms with Crippen LogP contribution in [0, 0.1) is 0 Å². The van der Waals surface area contributed by atoms with Crippen molar-refractivity contribution in [2.24, 2.45) is 10.7 Å². The number of rotatable bonds is 1. The van der Waals surface area contributed by atoms with Crippen molar-refractivity contribution in [3.63, 3.8) is 0 Å². The Hall–Kier alpha value is -2.43. The van der Waals surface area contributed by atoms with E-state index in [9.17, 15) is 0 Å². The zero-order valence-corrected chi connectivity index (χ0v) is 11.8. The molecule has 1 aliphatic carbocycles. The molecule has 2 heterocycles. The third kappa shape index (κ3) is 1.81. The summed E-state index contributed by atoms with van der Waals surface area (Å²) in [6, 6.07) is 6.66. The highest BCUT2D eigenvalue weighted by atomic mass is 16.5. The number of aliphatic imine (C=N–C) groups is 1. The Bertz CT molecular complexity index is 728. The summed E-state index contributed by atoms with van der Waals surface area (Å²) in [5.74, 6) is 0. The molecule has 2 aliphatic rings. The predicted molar refractivity (Wildman–Crippen MR) is 79.8 cm³/mol. The second kappa shape index (κ2) is 4.28. The highest BCUT2D eigenvalue weighted by molar-refractivity contribution is 5.76. The molecular weight excluding hydrogens is 264 g/mol. The van der Waals surface area contributed by atoms with Crippen LogP contribution in [0.5, 0.6) is 0 Å². The first kappa shape index (κ1) is 12.3. The minimum absolute atomic E-state index is 0.00442. The number of fused-ring (bicyclic) bond motifs is 1. The Morgan fingerprint density at radius 2 is 2.05 bits per heavy atom. The lowest BCUT2D eigenvalue weighted by Gasteiger charge is -2.23. The van der Waals surface area contributed by atoms with E-state index in [1.54, 1.807) is 6.33 Å². The molecule has 1 aromatic carbocycles. The number of ether oxygens (including phenoxy) is 1. The van der Waals surface area contributed by atoms with Crippen LogP contribution in [0.2, 0.25) is 0 Å². The normalized spacial score (nSPS) is 26.5. The van der Waals surface area contributed by atoms with E-state index in [4.69, 9.17) is 10.5 Å². The van der Waals surface area contributed by atoms with Crippen LogP contribution in [-0.2, 0) is 17.6 Å². The van der Waals surface area contributed by atoms with E-state index in [1.807, 2.05) is 19.3 Å². The molecular formula is C16H16N4O. The summed E-state index contributed by atoms with van der Waals surface area (Å²) in [5, 5.41) is 0. The first-order valence-corrected chi connectivity index (χ1v) is 7.06. The van der Waals surface area contributed by atoms with E-state index in [-0.39, 0.29) is 11.6 Å². The molecule has 5 nitrogen and oxygen atoms in total.